The minimum absolute atomic E-state index is 0.215. The van der Waals surface area contributed by atoms with Gasteiger partial charge in [-0.2, -0.15) is 14.9 Å². The van der Waals surface area contributed by atoms with Crippen molar-refractivity contribution < 1.29 is 8.78 Å². The van der Waals surface area contributed by atoms with Crippen LogP contribution in [-0.4, -0.2) is 30.4 Å². The summed E-state index contributed by atoms with van der Waals surface area (Å²) >= 11 is 1.33. The van der Waals surface area contributed by atoms with Crippen LogP contribution in [0.1, 0.15) is 23.9 Å². The summed E-state index contributed by atoms with van der Waals surface area (Å²) in [7, 11) is 0. The first-order valence-electron chi connectivity index (χ1n) is 7.94. The Bertz CT molecular complexity index is 1050. The number of fused-ring (bicyclic) bond motifs is 1. The topological polar surface area (TPSA) is 60.9 Å². The van der Waals surface area contributed by atoms with Crippen LogP contribution in [0.25, 0.3) is 6.08 Å². The normalized spacial score (nSPS) is 15.2. The first-order valence-corrected chi connectivity index (χ1v) is 8.75. The van der Waals surface area contributed by atoms with E-state index >= 15 is 0 Å². The van der Waals surface area contributed by atoms with Gasteiger partial charge in [-0.25, -0.2) is 8.78 Å². The fourth-order valence-electron chi connectivity index (χ4n) is 2.56. The molecular weight excluding hydrogens is 358 g/mol. The second kappa shape index (κ2) is 6.49. The number of hydrogen-bond donors (Lipinski definition) is 0. The third-order valence-corrected chi connectivity index (χ3v) is 4.83. The van der Waals surface area contributed by atoms with E-state index < -0.39 is 11.6 Å². The fourth-order valence-corrected chi connectivity index (χ4v) is 3.54. The van der Waals surface area contributed by atoms with Gasteiger partial charge in [0.2, 0.25) is 5.16 Å². The fraction of sp³-hybridized carbons (Fsp3) is 0.176. The van der Waals surface area contributed by atoms with E-state index in [0.717, 1.165) is 18.2 Å². The molecule has 0 spiro atoms. The number of nitrogens with zero attached hydrogens (tertiary/aromatic N) is 6. The molecule has 0 aliphatic carbocycles. The minimum Gasteiger partial charge on any atom is -0.272 e. The summed E-state index contributed by atoms with van der Waals surface area (Å²) in [5, 5.41) is 17.4. The molecule has 0 radical (unpaired) electrons. The van der Waals surface area contributed by atoms with Crippen LogP contribution in [0.15, 0.2) is 45.8 Å². The second-order valence-corrected chi connectivity index (χ2v) is 6.66. The van der Waals surface area contributed by atoms with Crippen molar-refractivity contribution in [2.24, 2.45) is 5.10 Å². The first-order chi connectivity index (χ1) is 12.5. The molecule has 0 atom stereocenters. The Morgan fingerprint density at radius 1 is 1.23 bits per heavy atom. The number of allylic oxidation sites excluding steroid dienone is 1. The quantitative estimate of drug-likeness (QED) is 0.706. The van der Waals surface area contributed by atoms with E-state index in [2.05, 4.69) is 20.4 Å². The van der Waals surface area contributed by atoms with Crippen LogP contribution in [-0.2, 0) is 6.54 Å². The lowest BCUT2D eigenvalue weighted by molar-refractivity contribution is 0.581. The second-order valence-electron chi connectivity index (χ2n) is 5.65. The summed E-state index contributed by atoms with van der Waals surface area (Å²) in [6, 6.07) is 3.45. The van der Waals surface area contributed by atoms with Crippen molar-refractivity contribution in [3.63, 3.8) is 0 Å². The third-order valence-electron chi connectivity index (χ3n) is 3.86. The van der Waals surface area contributed by atoms with Crippen molar-refractivity contribution in [3.05, 3.63) is 64.1 Å². The van der Waals surface area contributed by atoms with E-state index in [1.165, 1.54) is 23.9 Å². The zero-order valence-electron chi connectivity index (χ0n) is 14.0. The van der Waals surface area contributed by atoms with E-state index in [0.29, 0.717) is 21.6 Å². The van der Waals surface area contributed by atoms with Gasteiger partial charge in [-0.05, 0) is 43.8 Å². The molecule has 132 valence electrons. The van der Waals surface area contributed by atoms with E-state index in [1.54, 1.807) is 22.5 Å². The lowest BCUT2D eigenvalue weighted by Crippen LogP contribution is -2.14. The van der Waals surface area contributed by atoms with Gasteiger partial charge < -0.3 is 0 Å². The summed E-state index contributed by atoms with van der Waals surface area (Å²) in [5.41, 5.74) is 1.47. The van der Waals surface area contributed by atoms with E-state index in [9.17, 15) is 8.78 Å². The van der Waals surface area contributed by atoms with E-state index in [-0.39, 0.29) is 5.56 Å². The number of aromatic nitrogens is 5. The van der Waals surface area contributed by atoms with Gasteiger partial charge in [0.05, 0.1) is 6.20 Å². The summed E-state index contributed by atoms with van der Waals surface area (Å²) in [6.07, 6.45) is 5.47. The molecule has 3 heterocycles. The third kappa shape index (κ3) is 2.94. The Balaban J connectivity index is 1.86. The van der Waals surface area contributed by atoms with Gasteiger partial charge in [0.15, 0.2) is 5.82 Å². The van der Waals surface area contributed by atoms with Crippen molar-refractivity contribution >= 4 is 23.5 Å². The lowest BCUT2D eigenvalue weighted by atomic mass is 10.1. The molecule has 0 unspecified atom stereocenters. The van der Waals surface area contributed by atoms with Gasteiger partial charge >= 0.3 is 0 Å². The molecule has 1 aromatic carbocycles. The van der Waals surface area contributed by atoms with Crippen LogP contribution in [0, 0.1) is 18.6 Å². The standard InChI is InChI=1S/C17H14F2N6S/c1-3-24-9-11(8-20-24)6-15-16(13-5-4-12(18)7-14(13)19)23-25-10(2)21-22-17(25)26-15/h4-9H,3H2,1-2H3/b15-6+. The highest BCUT2D eigenvalue weighted by Gasteiger charge is 2.25. The molecule has 3 aromatic rings. The van der Waals surface area contributed by atoms with Gasteiger partial charge in [-0.15, -0.1) is 10.2 Å². The maximum absolute atomic E-state index is 14.4. The maximum Gasteiger partial charge on any atom is 0.216 e. The van der Waals surface area contributed by atoms with Crippen LogP contribution >= 0.6 is 11.8 Å². The first kappa shape index (κ1) is 16.6. The summed E-state index contributed by atoms with van der Waals surface area (Å²) in [6.45, 7) is 4.50. The van der Waals surface area contributed by atoms with Gasteiger partial charge in [0.25, 0.3) is 0 Å². The average molecular weight is 372 g/mol. The molecule has 1 aliphatic rings. The molecule has 26 heavy (non-hydrogen) atoms. The summed E-state index contributed by atoms with van der Waals surface area (Å²) in [4.78, 5) is 0.686. The van der Waals surface area contributed by atoms with Crippen molar-refractivity contribution in [1.29, 1.82) is 0 Å². The van der Waals surface area contributed by atoms with E-state index in [4.69, 9.17) is 0 Å². The van der Waals surface area contributed by atoms with Gasteiger partial charge in [-0.3, -0.25) is 4.68 Å². The van der Waals surface area contributed by atoms with Crippen LogP contribution in [0.5, 0.6) is 0 Å². The lowest BCUT2D eigenvalue weighted by Gasteiger charge is -2.17. The molecule has 0 amide bonds. The molecule has 6 nitrogen and oxygen atoms in total. The van der Waals surface area contributed by atoms with Crippen LogP contribution < -0.4 is 0 Å². The SMILES string of the molecule is CCn1cc(/C=C2/Sc3nnc(C)n3N=C2c2ccc(F)cc2F)cn1. The Hall–Kier alpha value is -2.81. The van der Waals surface area contributed by atoms with Crippen LogP contribution in [0.3, 0.4) is 0 Å². The molecule has 0 saturated carbocycles. The number of hydrogen-bond acceptors (Lipinski definition) is 5. The highest BCUT2D eigenvalue weighted by molar-refractivity contribution is 8.04. The number of aryl methyl sites for hydroxylation is 2. The zero-order valence-corrected chi connectivity index (χ0v) is 14.8. The molecule has 2 aromatic heterocycles. The highest BCUT2D eigenvalue weighted by atomic mass is 32.2. The van der Waals surface area contributed by atoms with Gasteiger partial charge in [0.1, 0.15) is 17.3 Å². The number of rotatable bonds is 3. The molecular formula is C17H14F2N6S. The number of thioether (sulfide) groups is 1. The van der Waals surface area contributed by atoms with Crippen LogP contribution in [0.4, 0.5) is 8.78 Å². The molecule has 1 aliphatic heterocycles. The Morgan fingerprint density at radius 2 is 2.08 bits per heavy atom. The van der Waals surface area contributed by atoms with Crippen molar-refractivity contribution in [2.45, 2.75) is 25.5 Å². The zero-order chi connectivity index (χ0) is 18.3. The number of halogens is 2. The van der Waals surface area contributed by atoms with Gasteiger partial charge in [-0.1, -0.05) is 0 Å². The predicted octanol–water partition coefficient (Wildman–Crippen LogP) is 3.48. The Labute approximate surface area is 152 Å². The highest BCUT2D eigenvalue weighted by Crippen LogP contribution is 2.35. The molecule has 0 bridgehead atoms. The molecule has 0 saturated heterocycles. The van der Waals surface area contributed by atoms with Crippen molar-refractivity contribution in [2.75, 3.05) is 0 Å². The molecule has 4 rings (SSSR count). The Kier molecular flexibility index (Phi) is 4.15. The average Bonchev–Trinajstić information content (AvgIpc) is 3.21. The van der Waals surface area contributed by atoms with Crippen LogP contribution in [0.2, 0.25) is 0 Å². The number of benzene rings is 1. The minimum atomic E-state index is -0.673. The monoisotopic (exact) mass is 372 g/mol. The summed E-state index contributed by atoms with van der Waals surface area (Å²) in [5.74, 6) is -0.717. The summed E-state index contributed by atoms with van der Waals surface area (Å²) < 4.78 is 31.1. The smallest absolute Gasteiger partial charge is 0.216 e. The molecule has 9 heteroatoms. The van der Waals surface area contributed by atoms with Gasteiger partial charge in [0, 0.05) is 34.8 Å². The molecule has 0 N–H and O–H groups in total. The van der Waals surface area contributed by atoms with Crippen molar-refractivity contribution in [1.82, 2.24) is 24.7 Å². The molecule has 0 fully saturated rings. The van der Waals surface area contributed by atoms with Crippen molar-refractivity contribution in [3.8, 4) is 0 Å². The largest absolute Gasteiger partial charge is 0.272 e. The Morgan fingerprint density at radius 3 is 2.81 bits per heavy atom. The van der Waals surface area contributed by atoms with E-state index in [1.807, 2.05) is 19.2 Å². The predicted molar refractivity (Wildman–Crippen MR) is 94.8 cm³/mol. The maximum atomic E-state index is 14.4.